The lowest BCUT2D eigenvalue weighted by Gasteiger charge is -2.03. The highest BCUT2D eigenvalue weighted by atomic mass is 32.1. The topological polar surface area (TPSA) is 48.1 Å². The van der Waals surface area contributed by atoms with Gasteiger partial charge in [0, 0.05) is 10.4 Å². The standard InChI is InChI=1S/C14H18N2OS/c1-3-17-12-6-4-5-11(9-12)14-16-10(2)13(18-14)7-8-15/h4-6,9H,3,7-8,15H2,1-2H3. The van der Waals surface area contributed by atoms with E-state index in [1.54, 1.807) is 11.3 Å². The Balaban J connectivity index is 2.30. The summed E-state index contributed by atoms with van der Waals surface area (Å²) in [4.78, 5) is 5.88. The number of aromatic nitrogens is 1. The summed E-state index contributed by atoms with van der Waals surface area (Å²) in [6.07, 6.45) is 0.897. The Morgan fingerprint density at radius 3 is 2.94 bits per heavy atom. The van der Waals surface area contributed by atoms with Gasteiger partial charge in [-0.25, -0.2) is 4.98 Å². The van der Waals surface area contributed by atoms with Crippen molar-refractivity contribution in [3.8, 4) is 16.3 Å². The first kappa shape index (κ1) is 13.1. The van der Waals surface area contributed by atoms with Gasteiger partial charge in [-0.15, -0.1) is 11.3 Å². The summed E-state index contributed by atoms with van der Waals surface area (Å²) in [7, 11) is 0. The number of thiazole rings is 1. The lowest BCUT2D eigenvalue weighted by atomic mass is 10.2. The van der Waals surface area contributed by atoms with Gasteiger partial charge < -0.3 is 10.5 Å². The summed E-state index contributed by atoms with van der Waals surface area (Å²) in [6.45, 7) is 5.37. The van der Waals surface area contributed by atoms with Crippen molar-refractivity contribution in [3.05, 3.63) is 34.8 Å². The molecule has 0 amide bonds. The molecule has 0 aliphatic carbocycles. The molecule has 0 saturated heterocycles. The number of ether oxygens (including phenoxy) is 1. The van der Waals surface area contributed by atoms with Crippen molar-refractivity contribution in [2.45, 2.75) is 20.3 Å². The molecule has 1 aromatic carbocycles. The zero-order chi connectivity index (χ0) is 13.0. The van der Waals surface area contributed by atoms with Crippen molar-refractivity contribution in [2.75, 3.05) is 13.2 Å². The Morgan fingerprint density at radius 1 is 1.39 bits per heavy atom. The minimum Gasteiger partial charge on any atom is -0.494 e. The molecule has 2 aromatic rings. The Bertz CT molecular complexity index is 522. The minimum absolute atomic E-state index is 0.668. The van der Waals surface area contributed by atoms with Gasteiger partial charge in [-0.1, -0.05) is 12.1 Å². The van der Waals surface area contributed by atoms with Gasteiger partial charge in [0.05, 0.1) is 12.3 Å². The fourth-order valence-corrected chi connectivity index (χ4v) is 2.87. The van der Waals surface area contributed by atoms with Crippen molar-refractivity contribution in [1.82, 2.24) is 4.98 Å². The van der Waals surface area contributed by atoms with Crippen LogP contribution in [-0.4, -0.2) is 18.1 Å². The van der Waals surface area contributed by atoms with Crippen LogP contribution in [0, 0.1) is 6.92 Å². The van der Waals surface area contributed by atoms with Crippen LogP contribution in [0.15, 0.2) is 24.3 Å². The Kier molecular flexibility index (Phi) is 4.33. The van der Waals surface area contributed by atoms with Crippen molar-refractivity contribution in [2.24, 2.45) is 5.73 Å². The molecular weight excluding hydrogens is 244 g/mol. The van der Waals surface area contributed by atoms with Crippen LogP contribution < -0.4 is 10.5 Å². The van der Waals surface area contributed by atoms with E-state index in [0.29, 0.717) is 13.2 Å². The van der Waals surface area contributed by atoms with Crippen LogP contribution in [0.1, 0.15) is 17.5 Å². The molecule has 0 aliphatic rings. The summed E-state index contributed by atoms with van der Waals surface area (Å²) in [5.74, 6) is 0.892. The first-order valence-electron chi connectivity index (χ1n) is 6.14. The lowest BCUT2D eigenvalue weighted by Crippen LogP contribution is -2.01. The number of hydrogen-bond donors (Lipinski definition) is 1. The van der Waals surface area contributed by atoms with Gasteiger partial charge in [0.1, 0.15) is 10.8 Å². The third kappa shape index (κ3) is 2.89. The van der Waals surface area contributed by atoms with Crippen LogP contribution in [0.4, 0.5) is 0 Å². The summed E-state index contributed by atoms with van der Waals surface area (Å²) in [5.41, 5.74) is 7.79. The van der Waals surface area contributed by atoms with Crippen molar-refractivity contribution in [3.63, 3.8) is 0 Å². The van der Waals surface area contributed by atoms with Crippen LogP contribution in [0.2, 0.25) is 0 Å². The lowest BCUT2D eigenvalue weighted by molar-refractivity contribution is 0.340. The van der Waals surface area contributed by atoms with E-state index in [4.69, 9.17) is 10.5 Å². The SMILES string of the molecule is CCOc1cccc(-c2nc(C)c(CCN)s2)c1. The van der Waals surface area contributed by atoms with E-state index in [1.807, 2.05) is 32.0 Å². The quantitative estimate of drug-likeness (QED) is 0.901. The number of nitrogens with two attached hydrogens (primary N) is 1. The van der Waals surface area contributed by atoms with Crippen molar-refractivity contribution < 1.29 is 4.74 Å². The average molecular weight is 262 g/mol. The fourth-order valence-electron chi connectivity index (χ4n) is 1.80. The molecule has 1 heterocycles. The maximum atomic E-state index is 5.60. The third-order valence-corrected chi connectivity index (χ3v) is 3.92. The summed E-state index contributed by atoms with van der Waals surface area (Å²) >= 11 is 1.72. The van der Waals surface area contributed by atoms with E-state index in [9.17, 15) is 0 Å². The molecule has 18 heavy (non-hydrogen) atoms. The first-order chi connectivity index (χ1) is 8.74. The first-order valence-corrected chi connectivity index (χ1v) is 6.96. The molecule has 2 rings (SSSR count). The molecule has 96 valence electrons. The van der Waals surface area contributed by atoms with Gasteiger partial charge in [-0.05, 0) is 38.9 Å². The van der Waals surface area contributed by atoms with Crippen LogP contribution in [0.25, 0.3) is 10.6 Å². The van der Waals surface area contributed by atoms with Gasteiger partial charge in [0.2, 0.25) is 0 Å². The predicted molar refractivity (Wildman–Crippen MR) is 76.2 cm³/mol. The highest BCUT2D eigenvalue weighted by Gasteiger charge is 2.09. The molecule has 0 aliphatic heterocycles. The summed E-state index contributed by atoms with van der Waals surface area (Å²) in [6, 6.07) is 8.06. The molecular formula is C14H18N2OS. The van der Waals surface area contributed by atoms with Gasteiger partial charge in [-0.2, -0.15) is 0 Å². The Hall–Kier alpha value is -1.39. The van der Waals surface area contributed by atoms with Crippen molar-refractivity contribution in [1.29, 1.82) is 0 Å². The number of nitrogens with zero attached hydrogens (tertiary/aromatic N) is 1. The third-order valence-electron chi connectivity index (χ3n) is 2.66. The van der Waals surface area contributed by atoms with Crippen LogP contribution in [0.5, 0.6) is 5.75 Å². The number of aryl methyl sites for hydroxylation is 1. The van der Waals surface area contributed by atoms with Crippen LogP contribution in [0.3, 0.4) is 0 Å². The van der Waals surface area contributed by atoms with E-state index < -0.39 is 0 Å². The maximum Gasteiger partial charge on any atom is 0.123 e. The summed E-state index contributed by atoms with van der Waals surface area (Å²) < 4.78 is 5.51. The maximum absolute atomic E-state index is 5.60. The molecule has 0 atom stereocenters. The second-order valence-electron chi connectivity index (χ2n) is 4.03. The van der Waals surface area contributed by atoms with Crippen molar-refractivity contribution >= 4 is 11.3 Å². The van der Waals surface area contributed by atoms with Crippen LogP contribution >= 0.6 is 11.3 Å². The van der Waals surface area contributed by atoms with Gasteiger partial charge in [-0.3, -0.25) is 0 Å². The number of rotatable bonds is 5. The highest BCUT2D eigenvalue weighted by Crippen LogP contribution is 2.30. The normalized spacial score (nSPS) is 10.6. The second-order valence-corrected chi connectivity index (χ2v) is 5.11. The predicted octanol–water partition coefficient (Wildman–Crippen LogP) is 3.02. The highest BCUT2D eigenvalue weighted by molar-refractivity contribution is 7.15. The van der Waals surface area contributed by atoms with Crippen LogP contribution in [-0.2, 0) is 6.42 Å². The largest absolute Gasteiger partial charge is 0.494 e. The van der Waals surface area contributed by atoms with E-state index in [2.05, 4.69) is 11.1 Å². The second kappa shape index (κ2) is 5.98. The van der Waals surface area contributed by atoms with Gasteiger partial charge >= 0.3 is 0 Å². The molecule has 4 heteroatoms. The zero-order valence-corrected chi connectivity index (χ0v) is 11.6. The Morgan fingerprint density at radius 2 is 2.22 bits per heavy atom. The molecule has 1 aromatic heterocycles. The Labute approximate surface area is 112 Å². The van der Waals surface area contributed by atoms with E-state index in [-0.39, 0.29) is 0 Å². The molecule has 0 unspecified atom stereocenters. The zero-order valence-electron chi connectivity index (χ0n) is 10.8. The average Bonchev–Trinajstić information content (AvgIpc) is 2.73. The summed E-state index contributed by atoms with van der Waals surface area (Å²) in [5, 5.41) is 1.04. The van der Waals surface area contributed by atoms with Gasteiger partial charge in [0.15, 0.2) is 0 Å². The fraction of sp³-hybridized carbons (Fsp3) is 0.357. The monoisotopic (exact) mass is 262 g/mol. The number of hydrogen-bond acceptors (Lipinski definition) is 4. The molecule has 0 radical (unpaired) electrons. The number of benzene rings is 1. The molecule has 0 spiro atoms. The van der Waals surface area contributed by atoms with E-state index in [1.165, 1.54) is 4.88 Å². The smallest absolute Gasteiger partial charge is 0.123 e. The molecule has 0 saturated carbocycles. The molecule has 0 fully saturated rings. The molecule has 3 nitrogen and oxygen atoms in total. The van der Waals surface area contributed by atoms with E-state index in [0.717, 1.165) is 28.4 Å². The van der Waals surface area contributed by atoms with Gasteiger partial charge in [0.25, 0.3) is 0 Å². The van der Waals surface area contributed by atoms with E-state index >= 15 is 0 Å². The molecule has 0 bridgehead atoms. The molecule has 2 N–H and O–H groups in total. The minimum atomic E-state index is 0.668.